The lowest BCUT2D eigenvalue weighted by Gasteiger charge is -2.11. The van der Waals surface area contributed by atoms with Crippen molar-refractivity contribution in [2.24, 2.45) is 0 Å². The maximum absolute atomic E-state index is 13.7. The van der Waals surface area contributed by atoms with Crippen molar-refractivity contribution in [3.05, 3.63) is 58.9 Å². The average molecular weight is 322 g/mol. The van der Waals surface area contributed by atoms with Gasteiger partial charge in [0, 0.05) is 5.56 Å². The van der Waals surface area contributed by atoms with Crippen molar-refractivity contribution in [2.75, 3.05) is 0 Å². The molecule has 0 aliphatic heterocycles. The highest BCUT2D eigenvalue weighted by molar-refractivity contribution is 5.89. The first-order valence-corrected chi connectivity index (χ1v) is 5.67. The fraction of sp³-hybridized carbons (Fsp3) is 0.0714. The Labute approximate surface area is 119 Å². The maximum atomic E-state index is 13.7. The Hall–Kier alpha value is -2.38. The van der Waals surface area contributed by atoms with E-state index in [0.29, 0.717) is 18.2 Å². The lowest BCUT2D eigenvalue weighted by Crippen LogP contribution is -2.11. The molecule has 1 nitrogen and oxygen atoms in total. The quantitative estimate of drug-likeness (QED) is 0.568. The van der Waals surface area contributed by atoms with Gasteiger partial charge in [0.2, 0.25) is 0 Å². The van der Waals surface area contributed by atoms with Crippen molar-refractivity contribution in [3.8, 4) is 11.1 Å². The summed E-state index contributed by atoms with van der Waals surface area (Å²) in [5, 5.41) is 0. The monoisotopic (exact) mass is 322 g/mol. The molecule has 0 fully saturated rings. The molecule has 2 aromatic carbocycles. The normalized spacial score (nSPS) is 11.6. The number of benzene rings is 2. The highest BCUT2D eigenvalue weighted by Crippen LogP contribution is 2.36. The second-order valence-electron chi connectivity index (χ2n) is 4.28. The molecule has 0 unspecified atom stereocenters. The molecular formula is C14H5F7O. The van der Waals surface area contributed by atoms with E-state index in [0.717, 1.165) is 12.1 Å². The van der Waals surface area contributed by atoms with Crippen LogP contribution in [0.5, 0.6) is 0 Å². The van der Waals surface area contributed by atoms with Crippen LogP contribution in [-0.2, 0) is 6.18 Å². The van der Waals surface area contributed by atoms with Crippen LogP contribution in [0.25, 0.3) is 11.1 Å². The highest BCUT2D eigenvalue weighted by Gasteiger charge is 2.38. The fourth-order valence-corrected chi connectivity index (χ4v) is 1.87. The van der Waals surface area contributed by atoms with Crippen LogP contribution in [0, 0.1) is 17.5 Å². The highest BCUT2D eigenvalue weighted by atomic mass is 19.4. The van der Waals surface area contributed by atoms with Gasteiger partial charge in [-0.2, -0.15) is 17.6 Å². The van der Waals surface area contributed by atoms with Gasteiger partial charge in [0.05, 0.1) is 5.56 Å². The molecule has 0 saturated heterocycles. The molecule has 8 heteroatoms. The summed E-state index contributed by atoms with van der Waals surface area (Å²) in [5.41, 5.74) is -3.71. The zero-order valence-corrected chi connectivity index (χ0v) is 10.4. The molecule has 0 spiro atoms. The molecule has 0 N–H and O–H groups in total. The second kappa shape index (κ2) is 5.43. The largest absolute Gasteiger partial charge is 0.422 e. The Morgan fingerprint density at radius 1 is 0.864 bits per heavy atom. The van der Waals surface area contributed by atoms with Crippen LogP contribution in [0.3, 0.4) is 0 Å². The Kier molecular flexibility index (Phi) is 3.95. The Balaban J connectivity index is 2.58. The number of rotatable bonds is 2. The molecule has 0 radical (unpaired) electrons. The van der Waals surface area contributed by atoms with Gasteiger partial charge in [0.25, 0.3) is 0 Å². The molecule has 22 heavy (non-hydrogen) atoms. The van der Waals surface area contributed by atoms with Crippen molar-refractivity contribution >= 4 is 6.04 Å². The number of halogens is 7. The third kappa shape index (κ3) is 2.95. The molecule has 0 amide bonds. The van der Waals surface area contributed by atoms with Crippen molar-refractivity contribution in [3.63, 3.8) is 0 Å². The first-order valence-electron chi connectivity index (χ1n) is 5.67. The molecule has 0 atom stereocenters. The topological polar surface area (TPSA) is 17.1 Å². The van der Waals surface area contributed by atoms with Crippen LogP contribution >= 0.6 is 0 Å². The van der Waals surface area contributed by atoms with Gasteiger partial charge in [0.1, 0.15) is 23.0 Å². The van der Waals surface area contributed by atoms with Gasteiger partial charge in [-0.1, -0.05) is 6.07 Å². The van der Waals surface area contributed by atoms with E-state index in [9.17, 15) is 35.5 Å². The third-order valence-corrected chi connectivity index (χ3v) is 2.83. The summed E-state index contributed by atoms with van der Waals surface area (Å²) in [6.07, 6.45) is -5.24. The summed E-state index contributed by atoms with van der Waals surface area (Å²) in [5.74, 6) is -5.03. The minimum Gasteiger partial charge on any atom is -0.255 e. The van der Waals surface area contributed by atoms with Crippen LogP contribution in [0.1, 0.15) is 15.9 Å². The van der Waals surface area contributed by atoms with Crippen LogP contribution in [0.2, 0.25) is 0 Å². The third-order valence-electron chi connectivity index (χ3n) is 2.83. The van der Waals surface area contributed by atoms with E-state index in [4.69, 9.17) is 0 Å². The van der Waals surface area contributed by atoms with E-state index in [-0.39, 0.29) is 0 Å². The van der Waals surface area contributed by atoms with Gasteiger partial charge < -0.3 is 0 Å². The summed E-state index contributed by atoms with van der Waals surface area (Å²) < 4.78 is 90.3. The number of alkyl halides is 3. The van der Waals surface area contributed by atoms with Crippen LogP contribution in [0.15, 0.2) is 30.3 Å². The standard InChI is InChI=1S/C14H5F7O/c15-9-3-6(13(18)22)1-2-8(9)7-4-10(16)12(11(17)5-7)14(19,20)21/h1-5H. The number of carbonyl (C=O) groups is 1. The van der Waals surface area contributed by atoms with E-state index >= 15 is 0 Å². The molecule has 116 valence electrons. The lowest BCUT2D eigenvalue weighted by atomic mass is 10.0. The van der Waals surface area contributed by atoms with E-state index < -0.39 is 51.9 Å². The van der Waals surface area contributed by atoms with Gasteiger partial charge in [-0.25, -0.2) is 13.2 Å². The zero-order chi connectivity index (χ0) is 16.7. The summed E-state index contributed by atoms with van der Waals surface area (Å²) in [4.78, 5) is 10.4. The molecule has 0 aliphatic carbocycles. The molecule has 2 rings (SSSR count). The molecule has 0 saturated carbocycles. The molecule has 2 aromatic rings. The van der Waals surface area contributed by atoms with Gasteiger partial charge >= 0.3 is 12.2 Å². The van der Waals surface area contributed by atoms with Crippen LogP contribution in [0.4, 0.5) is 30.7 Å². The maximum Gasteiger partial charge on any atom is 0.422 e. The van der Waals surface area contributed by atoms with Gasteiger partial charge in [-0.15, -0.1) is 0 Å². The second-order valence-corrected chi connectivity index (χ2v) is 4.28. The first-order chi connectivity index (χ1) is 10.1. The predicted octanol–water partition coefficient (Wildman–Crippen LogP) is 4.90. The fourth-order valence-electron chi connectivity index (χ4n) is 1.87. The molecular weight excluding hydrogens is 317 g/mol. The number of hydrogen-bond acceptors (Lipinski definition) is 1. The van der Waals surface area contributed by atoms with E-state index in [1.165, 1.54) is 0 Å². The average Bonchev–Trinajstić information content (AvgIpc) is 2.35. The molecule has 0 aliphatic rings. The zero-order valence-electron chi connectivity index (χ0n) is 10.4. The first kappa shape index (κ1) is 16.0. The summed E-state index contributed by atoms with van der Waals surface area (Å²) in [6, 6.07) is 0.848. The Morgan fingerprint density at radius 2 is 1.41 bits per heavy atom. The minimum absolute atomic E-state index is 0.307. The summed E-state index contributed by atoms with van der Waals surface area (Å²) >= 11 is 0. The summed E-state index contributed by atoms with van der Waals surface area (Å²) in [7, 11) is 0. The minimum atomic E-state index is -5.24. The number of carbonyl (C=O) groups excluding carboxylic acids is 1. The summed E-state index contributed by atoms with van der Waals surface area (Å²) in [6.45, 7) is 0. The molecule has 0 aromatic heterocycles. The van der Waals surface area contributed by atoms with E-state index in [2.05, 4.69) is 0 Å². The van der Waals surface area contributed by atoms with E-state index in [1.807, 2.05) is 0 Å². The number of hydrogen-bond donors (Lipinski definition) is 0. The van der Waals surface area contributed by atoms with Crippen molar-refractivity contribution in [2.45, 2.75) is 6.18 Å². The van der Waals surface area contributed by atoms with Crippen LogP contribution < -0.4 is 0 Å². The van der Waals surface area contributed by atoms with Gasteiger partial charge in [-0.05, 0) is 29.8 Å². The Morgan fingerprint density at radius 3 is 1.82 bits per heavy atom. The predicted molar refractivity (Wildman–Crippen MR) is 62.2 cm³/mol. The van der Waals surface area contributed by atoms with Gasteiger partial charge in [-0.3, -0.25) is 4.79 Å². The Bertz CT molecular complexity index is 726. The smallest absolute Gasteiger partial charge is 0.255 e. The van der Waals surface area contributed by atoms with E-state index in [1.54, 1.807) is 0 Å². The van der Waals surface area contributed by atoms with Crippen molar-refractivity contribution in [1.29, 1.82) is 0 Å². The molecule has 0 heterocycles. The van der Waals surface area contributed by atoms with Crippen LogP contribution in [-0.4, -0.2) is 6.04 Å². The van der Waals surface area contributed by atoms with Gasteiger partial charge in [0.15, 0.2) is 0 Å². The molecule has 0 bridgehead atoms. The SMILES string of the molecule is O=C(F)c1ccc(-c2cc(F)c(C(F)(F)F)c(F)c2)c(F)c1. The lowest BCUT2D eigenvalue weighted by molar-refractivity contribution is -0.142. The van der Waals surface area contributed by atoms with Crippen molar-refractivity contribution < 1.29 is 35.5 Å². The van der Waals surface area contributed by atoms with Crippen molar-refractivity contribution in [1.82, 2.24) is 0 Å².